The average molecular weight is 369 g/mol. The van der Waals surface area contributed by atoms with Gasteiger partial charge in [-0.2, -0.15) is 0 Å². The van der Waals surface area contributed by atoms with Crippen molar-refractivity contribution in [1.82, 2.24) is 0 Å². The number of sulfone groups is 1. The molecule has 2 rings (SSSR count). The van der Waals surface area contributed by atoms with E-state index in [0.29, 0.717) is 18.6 Å². The van der Waals surface area contributed by atoms with Crippen LogP contribution in [-0.4, -0.2) is 43.5 Å². The van der Waals surface area contributed by atoms with Crippen molar-refractivity contribution in [2.75, 3.05) is 17.3 Å². The van der Waals surface area contributed by atoms with E-state index in [1.54, 1.807) is 0 Å². The highest BCUT2D eigenvalue weighted by Gasteiger charge is 2.46. The number of carbonyl (C=O) groups excluding carboxylic acids is 1. The number of anilines is 1. The molecule has 0 aromatic heterocycles. The van der Waals surface area contributed by atoms with Gasteiger partial charge in [0.2, 0.25) is 5.91 Å². The zero-order valence-corrected chi connectivity index (χ0v) is 15.4. The lowest BCUT2D eigenvalue weighted by atomic mass is 10.0. The number of carboxylic acids is 1. The zero-order chi connectivity index (χ0) is 18.8. The molecule has 0 heterocycles. The lowest BCUT2D eigenvalue weighted by Crippen LogP contribution is -2.23. The standard InChI is InChI=1S/C17H23NO6S/c1-11(2)24-14-5-4-12(16(20)21)8-13(14)18-15(19)9-17(6-7-17)10-25(3,22)23/h4-5,8,11H,6-7,9-10H2,1-3H3,(H,18,19)(H,20,21). The molecular formula is C17H23NO6S. The zero-order valence-electron chi connectivity index (χ0n) is 14.5. The highest BCUT2D eigenvalue weighted by molar-refractivity contribution is 7.90. The van der Waals surface area contributed by atoms with Crippen molar-refractivity contribution in [3.05, 3.63) is 23.8 Å². The number of hydrogen-bond donors (Lipinski definition) is 2. The summed E-state index contributed by atoms with van der Waals surface area (Å²) in [7, 11) is -3.16. The van der Waals surface area contributed by atoms with Crippen LogP contribution in [0, 0.1) is 5.41 Å². The Kier molecular flexibility index (Phi) is 5.41. The predicted octanol–water partition coefficient (Wildman–Crippen LogP) is 2.33. The van der Waals surface area contributed by atoms with Gasteiger partial charge in [-0.15, -0.1) is 0 Å². The van der Waals surface area contributed by atoms with Crippen LogP contribution in [0.25, 0.3) is 0 Å². The first-order chi connectivity index (χ1) is 11.5. The molecule has 1 aliphatic rings. The van der Waals surface area contributed by atoms with E-state index >= 15 is 0 Å². The van der Waals surface area contributed by atoms with Gasteiger partial charge in [0, 0.05) is 12.7 Å². The Bertz CT molecular complexity index is 780. The second-order valence-corrected chi connectivity index (χ2v) is 9.12. The molecule has 0 saturated heterocycles. The number of rotatable bonds is 8. The fourth-order valence-electron chi connectivity index (χ4n) is 2.76. The molecule has 0 aliphatic heterocycles. The quantitative estimate of drug-likeness (QED) is 0.728. The van der Waals surface area contributed by atoms with Crippen LogP contribution in [0.5, 0.6) is 5.75 Å². The topological polar surface area (TPSA) is 110 Å². The molecule has 2 N–H and O–H groups in total. The summed E-state index contributed by atoms with van der Waals surface area (Å²) < 4.78 is 28.6. The Hall–Kier alpha value is -2.09. The fourth-order valence-corrected chi connectivity index (χ4v) is 4.26. The monoisotopic (exact) mass is 369 g/mol. The SMILES string of the molecule is CC(C)Oc1ccc(C(=O)O)cc1NC(=O)CC1(CS(C)(=O)=O)CC1. The molecule has 1 fully saturated rings. The first-order valence-electron chi connectivity index (χ1n) is 8.01. The first-order valence-corrected chi connectivity index (χ1v) is 10.1. The summed E-state index contributed by atoms with van der Waals surface area (Å²) in [5, 5.41) is 11.8. The maximum Gasteiger partial charge on any atom is 0.335 e. The summed E-state index contributed by atoms with van der Waals surface area (Å²) in [6, 6.07) is 4.25. The van der Waals surface area contributed by atoms with Crippen molar-refractivity contribution in [2.45, 2.75) is 39.2 Å². The van der Waals surface area contributed by atoms with Gasteiger partial charge in [0.15, 0.2) is 0 Å². The van der Waals surface area contributed by atoms with Crippen molar-refractivity contribution in [3.63, 3.8) is 0 Å². The number of carboxylic acid groups (broad SMARTS) is 1. The van der Waals surface area contributed by atoms with Crippen molar-refractivity contribution in [1.29, 1.82) is 0 Å². The highest BCUT2D eigenvalue weighted by Crippen LogP contribution is 2.50. The van der Waals surface area contributed by atoms with Gasteiger partial charge in [0.1, 0.15) is 15.6 Å². The Morgan fingerprint density at radius 2 is 1.96 bits per heavy atom. The van der Waals surface area contributed by atoms with Gasteiger partial charge in [-0.05, 0) is 50.3 Å². The molecule has 0 atom stereocenters. The van der Waals surface area contributed by atoms with Crippen LogP contribution in [0.15, 0.2) is 18.2 Å². The van der Waals surface area contributed by atoms with E-state index in [9.17, 15) is 18.0 Å². The van der Waals surface area contributed by atoms with Gasteiger partial charge in [-0.25, -0.2) is 13.2 Å². The Labute approximate surface area is 147 Å². The molecule has 0 radical (unpaired) electrons. The molecule has 1 aliphatic carbocycles. The van der Waals surface area contributed by atoms with Crippen LogP contribution in [0.3, 0.4) is 0 Å². The van der Waals surface area contributed by atoms with E-state index in [4.69, 9.17) is 9.84 Å². The summed E-state index contributed by atoms with van der Waals surface area (Å²) in [5.74, 6) is -1.10. The molecule has 1 saturated carbocycles. The van der Waals surface area contributed by atoms with E-state index in [1.807, 2.05) is 13.8 Å². The molecule has 8 heteroatoms. The van der Waals surface area contributed by atoms with Crippen LogP contribution in [0.1, 0.15) is 43.5 Å². The lowest BCUT2D eigenvalue weighted by molar-refractivity contribution is -0.117. The number of carbonyl (C=O) groups is 2. The number of nitrogens with one attached hydrogen (secondary N) is 1. The van der Waals surface area contributed by atoms with Gasteiger partial charge in [0.05, 0.1) is 23.1 Å². The minimum absolute atomic E-state index is 0.0159. The minimum atomic E-state index is -3.16. The fraction of sp³-hybridized carbons (Fsp3) is 0.529. The van der Waals surface area contributed by atoms with Gasteiger partial charge < -0.3 is 15.2 Å². The van der Waals surface area contributed by atoms with E-state index < -0.39 is 21.2 Å². The normalized spacial score (nSPS) is 15.7. The maximum absolute atomic E-state index is 12.4. The van der Waals surface area contributed by atoms with Crippen LogP contribution >= 0.6 is 0 Å². The molecule has 25 heavy (non-hydrogen) atoms. The third kappa shape index (κ3) is 5.74. The molecule has 1 amide bonds. The van der Waals surface area contributed by atoms with Crippen molar-refractivity contribution in [3.8, 4) is 5.75 Å². The van der Waals surface area contributed by atoms with Crippen molar-refractivity contribution < 1.29 is 27.9 Å². The maximum atomic E-state index is 12.4. The summed E-state index contributed by atoms with van der Waals surface area (Å²) >= 11 is 0. The first kappa shape index (κ1) is 19.2. The van der Waals surface area contributed by atoms with Gasteiger partial charge in [-0.1, -0.05) is 0 Å². The number of hydrogen-bond acceptors (Lipinski definition) is 5. The van der Waals surface area contributed by atoms with Gasteiger partial charge in [0.25, 0.3) is 0 Å². The van der Waals surface area contributed by atoms with E-state index in [0.717, 1.165) is 6.26 Å². The van der Waals surface area contributed by atoms with E-state index in [2.05, 4.69) is 5.32 Å². The second kappa shape index (κ2) is 7.03. The minimum Gasteiger partial charge on any atom is -0.489 e. The molecule has 7 nitrogen and oxygen atoms in total. The predicted molar refractivity (Wildman–Crippen MR) is 93.8 cm³/mol. The largest absolute Gasteiger partial charge is 0.489 e. The summed E-state index contributed by atoms with van der Waals surface area (Å²) in [4.78, 5) is 23.5. The number of amides is 1. The van der Waals surface area contributed by atoms with Crippen molar-refractivity contribution >= 4 is 27.4 Å². The smallest absolute Gasteiger partial charge is 0.335 e. The van der Waals surface area contributed by atoms with Gasteiger partial charge >= 0.3 is 5.97 Å². The summed E-state index contributed by atoms with van der Waals surface area (Å²) in [6.07, 6.45) is 2.48. The molecule has 1 aromatic rings. The highest BCUT2D eigenvalue weighted by atomic mass is 32.2. The number of benzene rings is 1. The molecule has 0 unspecified atom stereocenters. The van der Waals surface area contributed by atoms with Crippen molar-refractivity contribution in [2.24, 2.45) is 5.41 Å². The van der Waals surface area contributed by atoms with Gasteiger partial charge in [-0.3, -0.25) is 4.79 Å². The third-order valence-electron chi connectivity index (χ3n) is 3.92. The molecule has 0 bridgehead atoms. The Morgan fingerprint density at radius 3 is 2.44 bits per heavy atom. The van der Waals surface area contributed by atoms with Crippen LogP contribution in [0.4, 0.5) is 5.69 Å². The number of ether oxygens (including phenoxy) is 1. The molecule has 138 valence electrons. The summed E-state index contributed by atoms with van der Waals surface area (Å²) in [5.41, 5.74) is -0.196. The van der Waals surface area contributed by atoms with E-state index in [1.165, 1.54) is 18.2 Å². The molecule has 0 spiro atoms. The molecular weight excluding hydrogens is 346 g/mol. The Morgan fingerprint density at radius 1 is 1.32 bits per heavy atom. The van der Waals surface area contributed by atoms with Crippen LogP contribution in [0.2, 0.25) is 0 Å². The molecule has 1 aromatic carbocycles. The number of aromatic carboxylic acids is 1. The second-order valence-electron chi connectivity index (χ2n) is 6.98. The van der Waals surface area contributed by atoms with Crippen LogP contribution < -0.4 is 10.1 Å². The van der Waals surface area contributed by atoms with E-state index in [-0.39, 0.29) is 35.4 Å². The van der Waals surface area contributed by atoms with Crippen LogP contribution in [-0.2, 0) is 14.6 Å². The summed E-state index contributed by atoms with van der Waals surface area (Å²) in [6.45, 7) is 3.64. The Balaban J connectivity index is 2.16. The lowest BCUT2D eigenvalue weighted by Gasteiger charge is -2.17. The average Bonchev–Trinajstić information content (AvgIpc) is 3.16. The third-order valence-corrected chi connectivity index (χ3v) is 5.06.